The lowest BCUT2D eigenvalue weighted by Gasteiger charge is -2.51. The molecule has 0 saturated heterocycles. The Morgan fingerprint density at radius 3 is 3.00 bits per heavy atom. The maximum atomic E-state index is 12.5. The zero-order chi connectivity index (χ0) is 17.8. The van der Waals surface area contributed by atoms with Crippen LogP contribution in [-0.2, 0) is 11.2 Å². The molecule has 1 heterocycles. The molecule has 1 fully saturated rings. The summed E-state index contributed by atoms with van der Waals surface area (Å²) in [5.41, 5.74) is 0.879. The van der Waals surface area contributed by atoms with Crippen molar-refractivity contribution in [3.8, 4) is 11.5 Å². The molecule has 1 unspecified atom stereocenters. The Labute approximate surface area is 147 Å². The summed E-state index contributed by atoms with van der Waals surface area (Å²) in [6.45, 7) is 7.55. The third kappa shape index (κ3) is 2.26. The van der Waals surface area contributed by atoms with Crippen molar-refractivity contribution >= 4 is 5.78 Å². The largest absolute Gasteiger partial charge is 0.504 e. The van der Waals surface area contributed by atoms with Gasteiger partial charge < -0.3 is 14.9 Å². The lowest BCUT2D eigenvalue weighted by Crippen LogP contribution is -2.64. The number of phenolic OH excluding ortho intramolecular Hbond substituents is 1. The van der Waals surface area contributed by atoms with Crippen molar-refractivity contribution in [1.29, 1.82) is 0 Å². The van der Waals surface area contributed by atoms with Gasteiger partial charge in [-0.1, -0.05) is 19.1 Å². The predicted molar refractivity (Wildman–Crippen MR) is 94.0 cm³/mol. The summed E-state index contributed by atoms with van der Waals surface area (Å²) in [6.07, 6.45) is 3.61. The third-order valence-corrected chi connectivity index (χ3v) is 6.06. The van der Waals surface area contributed by atoms with E-state index < -0.39 is 17.6 Å². The number of ether oxygens (including phenoxy) is 1. The lowest BCUT2D eigenvalue weighted by atomic mass is 9.61. The van der Waals surface area contributed by atoms with Crippen molar-refractivity contribution in [3.05, 3.63) is 35.9 Å². The van der Waals surface area contributed by atoms with E-state index in [1.54, 1.807) is 6.07 Å². The maximum Gasteiger partial charge on any atom is 0.174 e. The lowest BCUT2D eigenvalue weighted by molar-refractivity contribution is -0.147. The molecule has 1 aromatic carbocycles. The van der Waals surface area contributed by atoms with Gasteiger partial charge in [0, 0.05) is 24.6 Å². The van der Waals surface area contributed by atoms with E-state index in [0.717, 1.165) is 24.1 Å². The first-order valence-electron chi connectivity index (χ1n) is 9.12. The first kappa shape index (κ1) is 16.6. The van der Waals surface area contributed by atoms with Crippen LogP contribution in [-0.4, -0.2) is 51.7 Å². The molecular weight excluding hydrogens is 318 g/mol. The van der Waals surface area contributed by atoms with Gasteiger partial charge in [0.25, 0.3) is 0 Å². The standard InChI is InChI=1S/C20H25NO4/c1-3-9-21(10-4-2)15-11-12-5-6-13(22)18-16(12)17-19(25-18)14(23)7-8-20(15,17)24/h3,5-6,15,17,19,22,24H,1,4,7-11H2,2H3/t15-,17?,19+,20-/m1/s1. The minimum absolute atomic E-state index is 0.0163. The van der Waals surface area contributed by atoms with Crippen molar-refractivity contribution in [2.75, 3.05) is 13.1 Å². The topological polar surface area (TPSA) is 70.0 Å². The second-order valence-electron chi connectivity index (χ2n) is 7.46. The van der Waals surface area contributed by atoms with Crippen LogP contribution in [0.2, 0.25) is 0 Å². The van der Waals surface area contributed by atoms with Gasteiger partial charge in [-0.05, 0) is 37.4 Å². The van der Waals surface area contributed by atoms with Gasteiger partial charge in [0.15, 0.2) is 23.4 Å². The van der Waals surface area contributed by atoms with E-state index in [1.165, 1.54) is 0 Å². The van der Waals surface area contributed by atoms with Crippen LogP contribution in [0.1, 0.15) is 43.2 Å². The van der Waals surface area contributed by atoms with Crippen LogP contribution in [0.3, 0.4) is 0 Å². The fourth-order valence-electron chi connectivity index (χ4n) is 5.03. The highest BCUT2D eigenvalue weighted by Gasteiger charge is 2.61. The fourth-order valence-corrected chi connectivity index (χ4v) is 5.03. The number of hydrogen-bond donors (Lipinski definition) is 2. The number of carbonyl (C=O) groups excluding carboxylic acids is 1. The average molecular weight is 343 g/mol. The molecule has 4 rings (SSSR count). The third-order valence-electron chi connectivity index (χ3n) is 6.06. The second-order valence-corrected chi connectivity index (χ2v) is 7.46. The Kier molecular flexibility index (Phi) is 3.89. The number of aliphatic hydroxyl groups is 1. The summed E-state index contributed by atoms with van der Waals surface area (Å²) in [5.74, 6) is 0.0695. The van der Waals surface area contributed by atoms with Gasteiger partial charge in [-0.2, -0.15) is 0 Å². The molecule has 0 amide bonds. The zero-order valence-electron chi connectivity index (χ0n) is 14.6. The van der Waals surface area contributed by atoms with Gasteiger partial charge in [0.1, 0.15) is 0 Å². The molecule has 5 nitrogen and oxygen atoms in total. The molecule has 0 spiro atoms. The number of aromatic hydroxyl groups is 1. The average Bonchev–Trinajstić information content (AvgIpc) is 3.01. The normalized spacial score (nSPS) is 32.4. The second kappa shape index (κ2) is 5.85. The van der Waals surface area contributed by atoms with E-state index in [2.05, 4.69) is 18.4 Å². The van der Waals surface area contributed by atoms with E-state index >= 15 is 0 Å². The maximum absolute atomic E-state index is 12.5. The number of Topliss-reactive ketones (excluding diaryl/α,β-unsaturated/α-hetero) is 1. The Hall–Kier alpha value is -1.85. The summed E-state index contributed by atoms with van der Waals surface area (Å²) >= 11 is 0. The minimum atomic E-state index is -1.02. The Morgan fingerprint density at radius 1 is 1.48 bits per heavy atom. The molecule has 3 aliphatic rings. The Bertz CT molecular complexity index is 731. The van der Waals surface area contributed by atoms with Crippen LogP contribution < -0.4 is 4.74 Å². The number of rotatable bonds is 5. The molecule has 1 aromatic rings. The molecule has 2 N–H and O–H groups in total. The van der Waals surface area contributed by atoms with Crippen molar-refractivity contribution in [2.45, 2.75) is 56.3 Å². The highest BCUT2D eigenvalue weighted by Crippen LogP contribution is 2.58. The van der Waals surface area contributed by atoms with Gasteiger partial charge in [0.05, 0.1) is 11.5 Å². The van der Waals surface area contributed by atoms with Gasteiger partial charge in [-0.3, -0.25) is 9.69 Å². The molecule has 1 aliphatic heterocycles. The highest BCUT2D eigenvalue weighted by molar-refractivity contribution is 5.88. The summed E-state index contributed by atoms with van der Waals surface area (Å²) < 4.78 is 5.86. The van der Waals surface area contributed by atoms with Gasteiger partial charge in [0.2, 0.25) is 0 Å². The minimum Gasteiger partial charge on any atom is -0.504 e. The number of ketones is 1. The molecule has 4 atom stereocenters. The van der Waals surface area contributed by atoms with Crippen LogP contribution in [0.4, 0.5) is 0 Å². The molecule has 25 heavy (non-hydrogen) atoms. The van der Waals surface area contributed by atoms with E-state index in [0.29, 0.717) is 31.6 Å². The summed E-state index contributed by atoms with van der Waals surface area (Å²) in [4.78, 5) is 14.7. The van der Waals surface area contributed by atoms with E-state index in [1.807, 2.05) is 12.1 Å². The van der Waals surface area contributed by atoms with Gasteiger partial charge >= 0.3 is 0 Å². The zero-order valence-corrected chi connectivity index (χ0v) is 14.6. The van der Waals surface area contributed by atoms with Crippen molar-refractivity contribution in [3.63, 3.8) is 0 Å². The van der Waals surface area contributed by atoms with Crippen LogP contribution >= 0.6 is 0 Å². The van der Waals surface area contributed by atoms with Crippen molar-refractivity contribution < 1.29 is 19.7 Å². The fraction of sp³-hybridized carbons (Fsp3) is 0.550. The SMILES string of the molecule is C=CCN(CCC)[C@@H]1Cc2ccc(O)c3c2C2[C@@H](O3)C(=O)CC[C@]21O. The molecule has 1 saturated carbocycles. The molecular formula is C20H25NO4. The molecule has 2 aliphatic carbocycles. The predicted octanol–water partition coefficient (Wildman–Crippen LogP) is 2.15. The summed E-state index contributed by atoms with van der Waals surface area (Å²) in [6, 6.07) is 3.45. The van der Waals surface area contributed by atoms with Crippen LogP contribution in [0.15, 0.2) is 24.8 Å². The van der Waals surface area contributed by atoms with Crippen molar-refractivity contribution in [1.82, 2.24) is 4.90 Å². The van der Waals surface area contributed by atoms with E-state index in [4.69, 9.17) is 4.74 Å². The highest BCUT2D eigenvalue weighted by atomic mass is 16.5. The number of phenols is 1. The van der Waals surface area contributed by atoms with Gasteiger partial charge in [-0.25, -0.2) is 0 Å². The van der Waals surface area contributed by atoms with Crippen LogP contribution in [0, 0.1) is 0 Å². The quantitative estimate of drug-likeness (QED) is 0.802. The molecule has 134 valence electrons. The Morgan fingerprint density at radius 2 is 2.28 bits per heavy atom. The first-order valence-corrected chi connectivity index (χ1v) is 9.12. The van der Waals surface area contributed by atoms with Crippen LogP contribution in [0.5, 0.6) is 11.5 Å². The van der Waals surface area contributed by atoms with Gasteiger partial charge in [-0.15, -0.1) is 6.58 Å². The number of hydrogen-bond acceptors (Lipinski definition) is 5. The molecule has 0 bridgehead atoms. The number of nitrogens with zero attached hydrogens (tertiary/aromatic N) is 1. The first-order chi connectivity index (χ1) is 12.0. The monoisotopic (exact) mass is 343 g/mol. The smallest absolute Gasteiger partial charge is 0.174 e. The molecule has 5 heteroatoms. The van der Waals surface area contributed by atoms with Crippen molar-refractivity contribution in [2.24, 2.45) is 0 Å². The molecule has 0 radical (unpaired) electrons. The molecule has 0 aromatic heterocycles. The summed E-state index contributed by atoms with van der Waals surface area (Å²) in [7, 11) is 0. The number of benzene rings is 1. The van der Waals surface area contributed by atoms with Crippen LogP contribution in [0.25, 0.3) is 0 Å². The van der Waals surface area contributed by atoms with E-state index in [9.17, 15) is 15.0 Å². The number of carbonyl (C=O) groups is 1. The Balaban J connectivity index is 1.85. The van der Waals surface area contributed by atoms with E-state index in [-0.39, 0.29) is 17.6 Å². The summed E-state index contributed by atoms with van der Waals surface area (Å²) in [5, 5.41) is 21.9.